The summed E-state index contributed by atoms with van der Waals surface area (Å²) in [6.45, 7) is 2.82. The van der Waals surface area contributed by atoms with E-state index in [0.717, 1.165) is 35.8 Å². The Labute approximate surface area is 139 Å². The molecule has 0 fully saturated rings. The van der Waals surface area contributed by atoms with Crippen LogP contribution in [0.25, 0.3) is 10.6 Å². The highest BCUT2D eigenvalue weighted by molar-refractivity contribution is 7.16. The normalized spacial score (nSPS) is 14.2. The van der Waals surface area contributed by atoms with Gasteiger partial charge in [0.1, 0.15) is 15.6 Å². The lowest BCUT2D eigenvalue weighted by Gasteiger charge is -2.11. The molecule has 1 aromatic heterocycles. The molecule has 5 nitrogen and oxygen atoms in total. The van der Waals surface area contributed by atoms with Gasteiger partial charge < -0.3 is 15.2 Å². The predicted octanol–water partition coefficient (Wildman–Crippen LogP) is 2.64. The fourth-order valence-corrected chi connectivity index (χ4v) is 3.41. The number of ether oxygens (including phenoxy) is 1. The van der Waals surface area contributed by atoms with E-state index >= 15 is 0 Å². The standard InChI is InChI=1S/C17H20N2O3S/c1-11(3-2-7-20)19-16(21)15-10-18-17(23-15)13-4-5-14-12(9-13)6-8-22-14/h4-5,9-11,20H,2-3,6-8H2,1H3,(H,19,21). The van der Waals surface area contributed by atoms with Crippen molar-refractivity contribution in [2.24, 2.45) is 0 Å². The van der Waals surface area contributed by atoms with Gasteiger partial charge in [0, 0.05) is 24.6 Å². The van der Waals surface area contributed by atoms with Crippen molar-refractivity contribution in [1.29, 1.82) is 0 Å². The highest BCUT2D eigenvalue weighted by Gasteiger charge is 2.16. The van der Waals surface area contributed by atoms with Crippen LogP contribution >= 0.6 is 11.3 Å². The number of rotatable bonds is 6. The largest absolute Gasteiger partial charge is 0.493 e. The molecule has 3 rings (SSSR count). The van der Waals surface area contributed by atoms with Crippen LogP contribution in [0, 0.1) is 0 Å². The Balaban J connectivity index is 1.69. The third-order valence-corrected chi connectivity index (χ3v) is 4.88. The number of aromatic nitrogens is 1. The molecule has 2 N–H and O–H groups in total. The molecule has 122 valence electrons. The predicted molar refractivity (Wildman–Crippen MR) is 90.0 cm³/mol. The number of aliphatic hydroxyl groups is 1. The van der Waals surface area contributed by atoms with E-state index in [4.69, 9.17) is 9.84 Å². The Morgan fingerprint density at radius 1 is 1.52 bits per heavy atom. The Morgan fingerprint density at radius 3 is 3.22 bits per heavy atom. The number of hydrogen-bond donors (Lipinski definition) is 2. The second-order valence-corrected chi connectivity index (χ2v) is 6.72. The number of amides is 1. The molecule has 1 amide bonds. The van der Waals surface area contributed by atoms with E-state index in [1.807, 2.05) is 19.1 Å². The van der Waals surface area contributed by atoms with Gasteiger partial charge in [0.25, 0.3) is 5.91 Å². The van der Waals surface area contributed by atoms with Crippen molar-refractivity contribution < 1.29 is 14.6 Å². The van der Waals surface area contributed by atoms with E-state index in [1.54, 1.807) is 6.20 Å². The van der Waals surface area contributed by atoms with Crippen molar-refractivity contribution in [3.8, 4) is 16.3 Å². The molecule has 0 bridgehead atoms. The number of carbonyl (C=O) groups is 1. The van der Waals surface area contributed by atoms with Crippen LogP contribution in [0.5, 0.6) is 5.75 Å². The van der Waals surface area contributed by atoms with E-state index < -0.39 is 0 Å². The summed E-state index contributed by atoms with van der Waals surface area (Å²) in [6, 6.07) is 6.08. The van der Waals surface area contributed by atoms with Crippen LogP contribution in [0.1, 0.15) is 35.0 Å². The van der Waals surface area contributed by atoms with Gasteiger partial charge in [-0.3, -0.25) is 4.79 Å². The number of nitrogens with one attached hydrogen (secondary N) is 1. The number of carbonyl (C=O) groups excluding carboxylic acids is 1. The van der Waals surface area contributed by atoms with Gasteiger partial charge in [-0.25, -0.2) is 4.98 Å². The third kappa shape index (κ3) is 3.71. The summed E-state index contributed by atoms with van der Waals surface area (Å²) in [5, 5.41) is 12.6. The molecular formula is C17H20N2O3S. The molecule has 1 aromatic carbocycles. The van der Waals surface area contributed by atoms with E-state index in [9.17, 15) is 4.79 Å². The SMILES string of the molecule is CC(CCCO)NC(=O)c1cnc(-c2ccc3c(c2)CCO3)s1. The minimum Gasteiger partial charge on any atom is -0.493 e. The van der Waals surface area contributed by atoms with Crippen molar-refractivity contribution in [3.63, 3.8) is 0 Å². The molecule has 2 heterocycles. The summed E-state index contributed by atoms with van der Waals surface area (Å²) in [5.41, 5.74) is 2.22. The van der Waals surface area contributed by atoms with E-state index in [2.05, 4.69) is 16.4 Å². The number of nitrogens with zero attached hydrogens (tertiary/aromatic N) is 1. The fourth-order valence-electron chi connectivity index (χ4n) is 2.60. The summed E-state index contributed by atoms with van der Waals surface area (Å²) in [6.07, 6.45) is 3.99. The van der Waals surface area contributed by atoms with Gasteiger partial charge in [-0.05, 0) is 43.5 Å². The minimum absolute atomic E-state index is 0.0392. The lowest BCUT2D eigenvalue weighted by atomic mass is 10.1. The highest BCUT2D eigenvalue weighted by Crippen LogP contribution is 2.32. The lowest BCUT2D eigenvalue weighted by Crippen LogP contribution is -2.32. The molecule has 1 unspecified atom stereocenters. The van der Waals surface area contributed by atoms with Crippen molar-refractivity contribution in [1.82, 2.24) is 10.3 Å². The maximum atomic E-state index is 12.2. The van der Waals surface area contributed by atoms with Crippen LogP contribution in [-0.4, -0.2) is 35.3 Å². The van der Waals surface area contributed by atoms with Crippen LogP contribution in [0.2, 0.25) is 0 Å². The second kappa shape index (κ2) is 7.10. The van der Waals surface area contributed by atoms with Crippen LogP contribution in [0.15, 0.2) is 24.4 Å². The Hall–Kier alpha value is -1.92. The van der Waals surface area contributed by atoms with Crippen LogP contribution < -0.4 is 10.1 Å². The van der Waals surface area contributed by atoms with Crippen molar-refractivity contribution in [3.05, 3.63) is 34.8 Å². The van der Waals surface area contributed by atoms with Gasteiger partial charge >= 0.3 is 0 Å². The zero-order chi connectivity index (χ0) is 16.2. The molecule has 6 heteroatoms. The molecular weight excluding hydrogens is 312 g/mol. The van der Waals surface area contributed by atoms with Crippen LogP contribution in [0.4, 0.5) is 0 Å². The number of hydrogen-bond acceptors (Lipinski definition) is 5. The Bertz CT molecular complexity index is 699. The molecule has 0 saturated carbocycles. The Kier molecular flexibility index (Phi) is 4.93. The molecule has 1 atom stereocenters. The summed E-state index contributed by atoms with van der Waals surface area (Å²) in [5.74, 6) is 0.838. The molecule has 0 saturated heterocycles. The summed E-state index contributed by atoms with van der Waals surface area (Å²) < 4.78 is 5.51. The quantitative estimate of drug-likeness (QED) is 0.853. The first-order valence-corrected chi connectivity index (χ1v) is 8.62. The smallest absolute Gasteiger partial charge is 0.263 e. The number of thiazole rings is 1. The van der Waals surface area contributed by atoms with Crippen LogP contribution in [0.3, 0.4) is 0 Å². The topological polar surface area (TPSA) is 71.5 Å². The molecule has 0 spiro atoms. The molecule has 1 aliphatic rings. The number of benzene rings is 1. The summed E-state index contributed by atoms with van der Waals surface area (Å²) in [4.78, 5) is 17.2. The first-order chi connectivity index (χ1) is 11.2. The zero-order valence-electron chi connectivity index (χ0n) is 13.0. The average molecular weight is 332 g/mol. The van der Waals surface area contributed by atoms with Gasteiger partial charge in [-0.2, -0.15) is 0 Å². The summed E-state index contributed by atoms with van der Waals surface area (Å²) in [7, 11) is 0. The first kappa shape index (κ1) is 16.0. The molecule has 0 aliphatic carbocycles. The highest BCUT2D eigenvalue weighted by atomic mass is 32.1. The molecule has 23 heavy (non-hydrogen) atoms. The maximum Gasteiger partial charge on any atom is 0.263 e. The second-order valence-electron chi connectivity index (χ2n) is 5.69. The Morgan fingerprint density at radius 2 is 2.39 bits per heavy atom. The van der Waals surface area contributed by atoms with E-state index in [-0.39, 0.29) is 18.6 Å². The number of aliphatic hydroxyl groups excluding tert-OH is 1. The van der Waals surface area contributed by atoms with Crippen molar-refractivity contribution in [2.45, 2.75) is 32.2 Å². The van der Waals surface area contributed by atoms with Crippen molar-refractivity contribution >= 4 is 17.2 Å². The maximum absolute atomic E-state index is 12.2. The first-order valence-electron chi connectivity index (χ1n) is 7.81. The van der Waals surface area contributed by atoms with Gasteiger partial charge in [0.2, 0.25) is 0 Å². The van der Waals surface area contributed by atoms with Gasteiger partial charge in [0.15, 0.2) is 0 Å². The zero-order valence-corrected chi connectivity index (χ0v) is 13.9. The average Bonchev–Trinajstić information content (AvgIpc) is 3.20. The van der Waals surface area contributed by atoms with Gasteiger partial charge in [-0.1, -0.05) is 0 Å². The van der Waals surface area contributed by atoms with Gasteiger partial charge in [0.05, 0.1) is 12.8 Å². The van der Waals surface area contributed by atoms with E-state index in [0.29, 0.717) is 11.3 Å². The molecule has 0 radical (unpaired) electrons. The lowest BCUT2D eigenvalue weighted by molar-refractivity contribution is 0.0940. The van der Waals surface area contributed by atoms with E-state index in [1.165, 1.54) is 16.9 Å². The number of fused-ring (bicyclic) bond motifs is 1. The third-order valence-electron chi connectivity index (χ3n) is 3.84. The monoisotopic (exact) mass is 332 g/mol. The molecule has 2 aromatic rings. The van der Waals surface area contributed by atoms with Crippen LogP contribution in [-0.2, 0) is 6.42 Å². The van der Waals surface area contributed by atoms with Crippen molar-refractivity contribution in [2.75, 3.05) is 13.2 Å². The fraction of sp³-hybridized carbons (Fsp3) is 0.412. The molecule has 1 aliphatic heterocycles. The summed E-state index contributed by atoms with van der Waals surface area (Å²) >= 11 is 1.39. The minimum atomic E-state index is -0.108. The van der Waals surface area contributed by atoms with Gasteiger partial charge in [-0.15, -0.1) is 11.3 Å².